The summed E-state index contributed by atoms with van der Waals surface area (Å²) in [4.78, 5) is 12.3. The van der Waals surface area contributed by atoms with Crippen LogP contribution in [0.15, 0.2) is 48.5 Å². The third-order valence-electron chi connectivity index (χ3n) is 3.16. The number of amides is 1. The maximum atomic E-state index is 12.3. The van der Waals surface area contributed by atoms with E-state index in [1.165, 1.54) is 5.56 Å². The molecule has 2 rings (SSSR count). The summed E-state index contributed by atoms with van der Waals surface area (Å²) in [7, 11) is 1.91. The maximum absolute atomic E-state index is 12.3. The van der Waals surface area contributed by atoms with Crippen LogP contribution < -0.4 is 15.4 Å². The van der Waals surface area contributed by atoms with Crippen molar-refractivity contribution < 1.29 is 9.53 Å². The van der Waals surface area contributed by atoms with Gasteiger partial charge in [-0.15, -0.1) is 12.4 Å². The van der Waals surface area contributed by atoms with Crippen molar-refractivity contribution in [3.05, 3.63) is 59.7 Å². The van der Waals surface area contributed by atoms with Gasteiger partial charge in [0.25, 0.3) is 5.91 Å². The SMILES string of the molecule is CCCOc1cccc(C(=O)Nc2ccc(CNC)cc2)c1.Cl. The van der Waals surface area contributed by atoms with Gasteiger partial charge in [0.1, 0.15) is 5.75 Å². The minimum absolute atomic E-state index is 0. The molecular formula is C18H23ClN2O2. The molecule has 2 aromatic carbocycles. The molecule has 0 saturated heterocycles. The second kappa shape index (κ2) is 9.87. The summed E-state index contributed by atoms with van der Waals surface area (Å²) in [5.41, 5.74) is 2.55. The summed E-state index contributed by atoms with van der Waals surface area (Å²) < 4.78 is 5.55. The van der Waals surface area contributed by atoms with E-state index in [1.807, 2.05) is 50.4 Å². The van der Waals surface area contributed by atoms with Crippen molar-refractivity contribution in [1.82, 2.24) is 5.32 Å². The summed E-state index contributed by atoms with van der Waals surface area (Å²) in [6.07, 6.45) is 0.940. The quantitative estimate of drug-likeness (QED) is 0.808. The highest BCUT2D eigenvalue weighted by molar-refractivity contribution is 6.04. The highest BCUT2D eigenvalue weighted by atomic mass is 35.5. The highest BCUT2D eigenvalue weighted by Gasteiger charge is 2.07. The number of benzene rings is 2. The molecule has 0 aromatic heterocycles. The van der Waals surface area contributed by atoms with Gasteiger partial charge in [0.2, 0.25) is 0 Å². The van der Waals surface area contributed by atoms with Gasteiger partial charge in [-0.2, -0.15) is 0 Å². The van der Waals surface area contributed by atoms with E-state index in [4.69, 9.17) is 4.74 Å². The van der Waals surface area contributed by atoms with E-state index in [0.29, 0.717) is 12.2 Å². The Kier molecular flexibility index (Phi) is 8.16. The standard InChI is InChI=1S/C18H22N2O2.ClH/c1-3-11-22-17-6-4-5-15(12-17)18(21)20-16-9-7-14(8-10-16)13-19-2;/h4-10,12,19H,3,11,13H2,1-2H3,(H,20,21);1H. The number of nitrogens with one attached hydrogen (secondary N) is 2. The van der Waals surface area contributed by atoms with Crippen molar-refractivity contribution in [2.24, 2.45) is 0 Å². The molecule has 4 nitrogen and oxygen atoms in total. The molecule has 5 heteroatoms. The average molecular weight is 335 g/mol. The number of hydrogen-bond donors (Lipinski definition) is 2. The lowest BCUT2D eigenvalue weighted by Gasteiger charge is -2.09. The Balaban J connectivity index is 0.00000264. The van der Waals surface area contributed by atoms with E-state index in [0.717, 1.165) is 24.4 Å². The van der Waals surface area contributed by atoms with Gasteiger partial charge in [0.15, 0.2) is 0 Å². The van der Waals surface area contributed by atoms with E-state index < -0.39 is 0 Å². The van der Waals surface area contributed by atoms with Crippen LogP contribution >= 0.6 is 12.4 Å². The first-order valence-corrected chi connectivity index (χ1v) is 7.50. The van der Waals surface area contributed by atoms with Crippen LogP contribution in [-0.2, 0) is 6.54 Å². The molecule has 23 heavy (non-hydrogen) atoms. The second-order valence-corrected chi connectivity index (χ2v) is 5.06. The lowest BCUT2D eigenvalue weighted by atomic mass is 10.1. The van der Waals surface area contributed by atoms with Crippen LogP contribution in [0.3, 0.4) is 0 Å². The van der Waals surface area contributed by atoms with Crippen LogP contribution in [0, 0.1) is 0 Å². The molecule has 0 fully saturated rings. The minimum atomic E-state index is -0.136. The third kappa shape index (κ3) is 5.93. The Labute approximate surface area is 143 Å². The number of rotatable bonds is 7. The molecule has 0 aliphatic rings. The molecule has 0 atom stereocenters. The molecule has 0 unspecified atom stereocenters. The van der Waals surface area contributed by atoms with Crippen LogP contribution in [-0.4, -0.2) is 19.6 Å². The molecule has 2 N–H and O–H groups in total. The molecule has 0 aliphatic heterocycles. The molecule has 1 amide bonds. The Morgan fingerprint density at radius 1 is 1.13 bits per heavy atom. The van der Waals surface area contributed by atoms with Crippen molar-refractivity contribution in [3.8, 4) is 5.75 Å². The van der Waals surface area contributed by atoms with Gasteiger partial charge in [-0.1, -0.05) is 25.1 Å². The number of carbonyl (C=O) groups excluding carboxylic acids is 1. The molecule has 0 bridgehead atoms. The predicted octanol–water partition coefficient (Wildman–Crippen LogP) is 3.87. The van der Waals surface area contributed by atoms with Gasteiger partial charge >= 0.3 is 0 Å². The predicted molar refractivity (Wildman–Crippen MR) is 96.6 cm³/mol. The normalized spacial score (nSPS) is 9.83. The zero-order chi connectivity index (χ0) is 15.8. The Hall–Kier alpha value is -2.04. The molecule has 0 heterocycles. The molecule has 124 valence electrons. The monoisotopic (exact) mass is 334 g/mol. The summed E-state index contributed by atoms with van der Waals surface area (Å²) in [6, 6.07) is 15.0. The van der Waals surface area contributed by atoms with E-state index in [2.05, 4.69) is 10.6 Å². The van der Waals surface area contributed by atoms with E-state index in [1.54, 1.807) is 12.1 Å². The van der Waals surface area contributed by atoms with E-state index in [-0.39, 0.29) is 18.3 Å². The zero-order valence-electron chi connectivity index (χ0n) is 13.5. The van der Waals surface area contributed by atoms with Gasteiger partial charge < -0.3 is 15.4 Å². The van der Waals surface area contributed by atoms with Crippen LogP contribution in [0.1, 0.15) is 29.3 Å². The number of hydrogen-bond acceptors (Lipinski definition) is 3. The summed E-state index contributed by atoms with van der Waals surface area (Å²) >= 11 is 0. The van der Waals surface area contributed by atoms with Crippen LogP contribution in [0.4, 0.5) is 5.69 Å². The summed E-state index contributed by atoms with van der Waals surface area (Å²) in [5, 5.41) is 5.99. The summed E-state index contributed by atoms with van der Waals surface area (Å²) in [6.45, 7) is 3.51. The van der Waals surface area contributed by atoms with Crippen LogP contribution in [0.25, 0.3) is 0 Å². The maximum Gasteiger partial charge on any atom is 0.255 e. The first-order chi connectivity index (χ1) is 10.7. The molecule has 2 aromatic rings. The number of anilines is 1. The first kappa shape index (κ1) is 19.0. The second-order valence-electron chi connectivity index (χ2n) is 5.06. The topological polar surface area (TPSA) is 50.4 Å². The molecule has 0 saturated carbocycles. The van der Waals surface area contributed by atoms with Crippen molar-refractivity contribution in [2.75, 3.05) is 19.0 Å². The fraction of sp³-hybridized carbons (Fsp3) is 0.278. The largest absolute Gasteiger partial charge is 0.494 e. The Morgan fingerprint density at radius 2 is 1.87 bits per heavy atom. The first-order valence-electron chi connectivity index (χ1n) is 7.50. The van der Waals surface area contributed by atoms with Gasteiger partial charge in [-0.05, 0) is 49.4 Å². The lowest BCUT2D eigenvalue weighted by molar-refractivity contribution is 0.102. The fourth-order valence-corrected chi connectivity index (χ4v) is 2.06. The van der Waals surface area contributed by atoms with Crippen LogP contribution in [0.5, 0.6) is 5.75 Å². The average Bonchev–Trinajstić information content (AvgIpc) is 2.55. The van der Waals surface area contributed by atoms with Crippen molar-refractivity contribution in [3.63, 3.8) is 0 Å². The Morgan fingerprint density at radius 3 is 2.52 bits per heavy atom. The fourth-order valence-electron chi connectivity index (χ4n) is 2.06. The molecular weight excluding hydrogens is 312 g/mol. The molecule has 0 aliphatic carbocycles. The van der Waals surface area contributed by atoms with E-state index in [9.17, 15) is 4.79 Å². The zero-order valence-corrected chi connectivity index (χ0v) is 14.3. The third-order valence-corrected chi connectivity index (χ3v) is 3.16. The number of halogens is 1. The lowest BCUT2D eigenvalue weighted by Crippen LogP contribution is -2.12. The van der Waals surface area contributed by atoms with E-state index >= 15 is 0 Å². The van der Waals surface area contributed by atoms with Crippen molar-refractivity contribution in [1.29, 1.82) is 0 Å². The van der Waals surface area contributed by atoms with Gasteiger partial charge in [0.05, 0.1) is 6.61 Å². The Bertz CT molecular complexity index is 615. The van der Waals surface area contributed by atoms with Gasteiger partial charge in [-0.3, -0.25) is 4.79 Å². The minimum Gasteiger partial charge on any atom is -0.494 e. The summed E-state index contributed by atoms with van der Waals surface area (Å²) in [5.74, 6) is 0.585. The molecule has 0 radical (unpaired) electrons. The highest BCUT2D eigenvalue weighted by Crippen LogP contribution is 2.16. The van der Waals surface area contributed by atoms with Gasteiger partial charge in [-0.25, -0.2) is 0 Å². The van der Waals surface area contributed by atoms with Crippen LogP contribution in [0.2, 0.25) is 0 Å². The molecule has 0 spiro atoms. The van der Waals surface area contributed by atoms with Gasteiger partial charge in [0, 0.05) is 17.8 Å². The smallest absolute Gasteiger partial charge is 0.255 e. The van der Waals surface area contributed by atoms with Crippen molar-refractivity contribution >= 4 is 24.0 Å². The van der Waals surface area contributed by atoms with Crippen molar-refractivity contribution in [2.45, 2.75) is 19.9 Å². The number of carbonyl (C=O) groups is 1. The number of ether oxygens (including phenoxy) is 1.